The largest absolute Gasteiger partial charge is 0.487 e. The first kappa shape index (κ1) is 12.9. The quantitative estimate of drug-likeness (QED) is 0.333. The summed E-state index contributed by atoms with van der Waals surface area (Å²) in [6.45, 7) is 1.87. The molecule has 0 unspecified atom stereocenters. The number of benzene rings is 1. The molecule has 6 heteroatoms. The highest BCUT2D eigenvalue weighted by molar-refractivity contribution is 6.32. The Morgan fingerprint density at radius 3 is 1.94 bits per heavy atom. The zero-order chi connectivity index (χ0) is 12.3. The number of unbranched alkanes of at least 4 members (excludes halogenated alkanes) is 1. The Labute approximate surface area is 91.8 Å². The molecule has 1 nitrogen and oxygen atoms in total. The third-order valence-electron chi connectivity index (χ3n) is 2.19. The van der Waals surface area contributed by atoms with E-state index in [9.17, 15) is 17.6 Å². The number of halogens is 4. The molecule has 0 atom stereocenters. The minimum absolute atomic E-state index is 0.0201. The van der Waals surface area contributed by atoms with Crippen LogP contribution in [0.25, 0.3) is 0 Å². The van der Waals surface area contributed by atoms with Gasteiger partial charge in [0.1, 0.15) is 7.85 Å². The fourth-order valence-corrected chi connectivity index (χ4v) is 1.17. The molecule has 0 saturated carbocycles. The lowest BCUT2D eigenvalue weighted by molar-refractivity contribution is 0.267. The number of rotatable bonds is 4. The molecule has 88 valence electrons. The molecule has 0 heterocycles. The van der Waals surface area contributed by atoms with Crippen molar-refractivity contribution in [3.05, 3.63) is 23.3 Å². The second-order valence-electron chi connectivity index (χ2n) is 3.41. The molecule has 1 aromatic rings. The SMILES string of the molecule is Bc1c(F)c(F)c(OCCCC)c(F)c1F. The summed E-state index contributed by atoms with van der Waals surface area (Å²) in [7, 11) is 0.965. The number of hydrogen-bond acceptors (Lipinski definition) is 1. The van der Waals surface area contributed by atoms with Crippen molar-refractivity contribution in [1.82, 2.24) is 0 Å². The van der Waals surface area contributed by atoms with Crippen molar-refractivity contribution in [3.63, 3.8) is 0 Å². The molecule has 0 fully saturated rings. The van der Waals surface area contributed by atoms with Crippen LogP contribution >= 0.6 is 0 Å². The molecular formula is C10H11BF4O. The molecule has 0 bridgehead atoms. The third-order valence-corrected chi connectivity index (χ3v) is 2.19. The highest BCUT2D eigenvalue weighted by atomic mass is 19.2. The Balaban J connectivity index is 3.08. The third kappa shape index (κ3) is 2.31. The van der Waals surface area contributed by atoms with Crippen LogP contribution in [0.15, 0.2) is 0 Å². The predicted octanol–water partition coefficient (Wildman–Crippen LogP) is 1.68. The molecule has 0 spiro atoms. The van der Waals surface area contributed by atoms with Gasteiger partial charge in [-0.2, -0.15) is 8.78 Å². The van der Waals surface area contributed by atoms with Crippen molar-refractivity contribution >= 4 is 13.3 Å². The topological polar surface area (TPSA) is 9.23 Å². The van der Waals surface area contributed by atoms with Crippen molar-refractivity contribution in [2.24, 2.45) is 0 Å². The van der Waals surface area contributed by atoms with Crippen molar-refractivity contribution < 1.29 is 22.3 Å². The minimum Gasteiger partial charge on any atom is -0.487 e. The van der Waals surface area contributed by atoms with Crippen molar-refractivity contribution in [2.75, 3.05) is 6.61 Å². The smallest absolute Gasteiger partial charge is 0.203 e. The van der Waals surface area contributed by atoms with Gasteiger partial charge in [0.25, 0.3) is 0 Å². The highest BCUT2D eigenvalue weighted by Crippen LogP contribution is 2.25. The Kier molecular flexibility index (Phi) is 4.21. The zero-order valence-electron chi connectivity index (χ0n) is 9.04. The first-order chi connectivity index (χ1) is 7.50. The summed E-state index contributed by atoms with van der Waals surface area (Å²) < 4.78 is 57.3. The van der Waals surface area contributed by atoms with Crippen LogP contribution in [0.4, 0.5) is 17.6 Å². The van der Waals surface area contributed by atoms with E-state index in [0.29, 0.717) is 6.42 Å². The van der Waals surface area contributed by atoms with Crippen LogP contribution in [0.1, 0.15) is 19.8 Å². The monoisotopic (exact) mass is 234 g/mol. The number of ether oxygens (including phenoxy) is 1. The van der Waals surface area contributed by atoms with E-state index >= 15 is 0 Å². The van der Waals surface area contributed by atoms with Crippen molar-refractivity contribution in [3.8, 4) is 5.75 Å². The Bertz CT molecular complexity index is 366. The van der Waals surface area contributed by atoms with E-state index in [2.05, 4.69) is 0 Å². The number of hydrogen-bond donors (Lipinski definition) is 0. The van der Waals surface area contributed by atoms with Gasteiger partial charge < -0.3 is 4.74 Å². The van der Waals surface area contributed by atoms with Crippen LogP contribution in [0, 0.1) is 23.3 Å². The summed E-state index contributed by atoms with van der Waals surface area (Å²) in [5, 5.41) is 0. The van der Waals surface area contributed by atoms with E-state index in [0.717, 1.165) is 14.3 Å². The summed E-state index contributed by atoms with van der Waals surface area (Å²) >= 11 is 0. The van der Waals surface area contributed by atoms with Gasteiger partial charge >= 0.3 is 0 Å². The predicted molar refractivity (Wildman–Crippen MR) is 54.9 cm³/mol. The van der Waals surface area contributed by atoms with Crippen LogP contribution in [-0.2, 0) is 0 Å². The molecule has 0 radical (unpaired) electrons. The van der Waals surface area contributed by atoms with Gasteiger partial charge in [-0.05, 0) is 11.9 Å². The standard InChI is InChI=1S/C10H11BF4O/c1-2-3-4-16-10-8(14)6(12)5(11)7(13)9(10)15/h2-4,11H2,1H3. The fourth-order valence-electron chi connectivity index (χ4n) is 1.17. The van der Waals surface area contributed by atoms with E-state index < -0.39 is 34.5 Å². The normalized spacial score (nSPS) is 10.6. The fraction of sp³-hybridized carbons (Fsp3) is 0.400. The molecule has 0 aliphatic carbocycles. The van der Waals surface area contributed by atoms with Gasteiger partial charge in [0, 0.05) is 0 Å². The van der Waals surface area contributed by atoms with Gasteiger partial charge in [0.05, 0.1) is 6.61 Å². The van der Waals surface area contributed by atoms with Crippen LogP contribution in [-0.4, -0.2) is 14.5 Å². The average Bonchev–Trinajstić information content (AvgIpc) is 2.28. The molecule has 0 amide bonds. The summed E-state index contributed by atoms with van der Waals surface area (Å²) in [5.41, 5.74) is -0.683. The van der Waals surface area contributed by atoms with E-state index in [1.807, 2.05) is 6.92 Å². The second-order valence-corrected chi connectivity index (χ2v) is 3.41. The molecule has 0 aromatic heterocycles. The maximum absolute atomic E-state index is 13.2. The molecule has 16 heavy (non-hydrogen) atoms. The molecule has 1 aromatic carbocycles. The Morgan fingerprint density at radius 1 is 1.00 bits per heavy atom. The van der Waals surface area contributed by atoms with Gasteiger partial charge in [-0.1, -0.05) is 13.3 Å². The maximum atomic E-state index is 13.2. The van der Waals surface area contributed by atoms with E-state index in [1.54, 1.807) is 0 Å². The lowest BCUT2D eigenvalue weighted by Gasteiger charge is -2.10. The van der Waals surface area contributed by atoms with Crippen molar-refractivity contribution in [2.45, 2.75) is 19.8 Å². The van der Waals surface area contributed by atoms with Crippen molar-refractivity contribution in [1.29, 1.82) is 0 Å². The van der Waals surface area contributed by atoms with Gasteiger partial charge in [-0.25, -0.2) is 8.78 Å². The second kappa shape index (κ2) is 5.23. The summed E-state index contributed by atoms with van der Waals surface area (Å²) in [6.07, 6.45) is 1.30. The minimum atomic E-state index is -1.48. The van der Waals surface area contributed by atoms with Gasteiger partial charge in [0.2, 0.25) is 11.6 Å². The average molecular weight is 234 g/mol. The van der Waals surface area contributed by atoms with Gasteiger partial charge in [0.15, 0.2) is 17.4 Å². The van der Waals surface area contributed by atoms with E-state index in [4.69, 9.17) is 4.74 Å². The zero-order valence-corrected chi connectivity index (χ0v) is 9.04. The molecular weight excluding hydrogens is 223 g/mol. The lowest BCUT2D eigenvalue weighted by atomic mass is 9.94. The maximum Gasteiger partial charge on any atom is 0.203 e. The summed E-state index contributed by atoms with van der Waals surface area (Å²) in [5.74, 6) is -6.76. The first-order valence-corrected chi connectivity index (χ1v) is 4.96. The van der Waals surface area contributed by atoms with E-state index in [-0.39, 0.29) is 6.61 Å². The Hall–Kier alpha value is -1.20. The van der Waals surface area contributed by atoms with Crippen LogP contribution < -0.4 is 10.2 Å². The van der Waals surface area contributed by atoms with Crippen LogP contribution in [0.5, 0.6) is 5.75 Å². The lowest BCUT2D eigenvalue weighted by Crippen LogP contribution is -2.20. The van der Waals surface area contributed by atoms with E-state index in [1.165, 1.54) is 0 Å². The summed E-state index contributed by atoms with van der Waals surface area (Å²) in [6, 6.07) is 0. The van der Waals surface area contributed by atoms with Crippen LogP contribution in [0.2, 0.25) is 0 Å². The molecule has 0 N–H and O–H groups in total. The Morgan fingerprint density at radius 2 is 1.50 bits per heavy atom. The highest BCUT2D eigenvalue weighted by Gasteiger charge is 2.23. The van der Waals surface area contributed by atoms with Gasteiger partial charge in [-0.15, -0.1) is 0 Å². The summed E-state index contributed by atoms with van der Waals surface area (Å²) in [4.78, 5) is 0. The molecule has 0 aliphatic rings. The molecule has 0 saturated heterocycles. The first-order valence-electron chi connectivity index (χ1n) is 4.96. The molecule has 0 aliphatic heterocycles. The molecule has 1 rings (SSSR count). The van der Waals surface area contributed by atoms with Crippen LogP contribution in [0.3, 0.4) is 0 Å². The van der Waals surface area contributed by atoms with Gasteiger partial charge in [-0.3, -0.25) is 0 Å².